The number of nitrogens with one attached hydrogen (secondary N) is 1. The Balaban J connectivity index is 0.000000122. The van der Waals surface area contributed by atoms with E-state index >= 15 is 0 Å². The first-order valence-electron chi connectivity index (χ1n) is 33.8. The van der Waals surface area contributed by atoms with Gasteiger partial charge >= 0.3 is 0 Å². The molecule has 0 spiro atoms. The lowest BCUT2D eigenvalue weighted by Gasteiger charge is -2.48. The highest BCUT2D eigenvalue weighted by Gasteiger charge is 2.41. The number of anilines is 2. The van der Waals surface area contributed by atoms with Gasteiger partial charge in [-0.3, -0.25) is 29.1 Å². The molecule has 0 unspecified atom stereocenters. The molecule has 24 heteroatoms. The molecule has 0 radical (unpaired) electrons. The second-order valence-electron chi connectivity index (χ2n) is 26.3. The van der Waals surface area contributed by atoms with Gasteiger partial charge in [-0.2, -0.15) is 0 Å². The van der Waals surface area contributed by atoms with E-state index < -0.39 is 0 Å². The molecule has 490 valence electrons. The van der Waals surface area contributed by atoms with Gasteiger partial charge in [-0.25, -0.2) is 34.6 Å². The first-order chi connectivity index (χ1) is 46.1. The maximum Gasteiger partial charge on any atom is 0.254 e. The Kier molecular flexibility index (Phi) is 19.4. The van der Waals surface area contributed by atoms with E-state index in [0.29, 0.717) is 48.0 Å². The molecular weight excluding hydrogens is 1200 g/mol. The third kappa shape index (κ3) is 14.5. The Hall–Kier alpha value is -8.58. The molecule has 9 aromatic rings. The predicted molar refractivity (Wildman–Crippen MR) is 358 cm³/mol. The van der Waals surface area contributed by atoms with Crippen molar-refractivity contribution in [1.29, 1.82) is 0 Å². The third-order valence-electron chi connectivity index (χ3n) is 20.1. The van der Waals surface area contributed by atoms with Crippen molar-refractivity contribution in [2.75, 3.05) is 94.9 Å². The van der Waals surface area contributed by atoms with Gasteiger partial charge in [-0.05, 0) is 128 Å². The Morgan fingerprint density at radius 3 is 1.57 bits per heavy atom. The molecule has 3 amide bonds. The van der Waals surface area contributed by atoms with Crippen LogP contribution in [-0.2, 0) is 17.9 Å². The number of likely N-dealkylation sites (tertiary alicyclic amines) is 3. The topological polar surface area (TPSA) is 233 Å². The zero-order chi connectivity index (χ0) is 63.9. The Morgan fingerprint density at radius 1 is 0.574 bits per heavy atom. The van der Waals surface area contributed by atoms with E-state index in [0.717, 1.165) is 169 Å². The number of hydrogen-bond donors (Lipinski definition) is 1. The summed E-state index contributed by atoms with van der Waals surface area (Å²) in [5, 5.41) is 14.7. The number of benzene rings is 3. The Bertz CT molecular complexity index is 3800. The first kappa shape index (κ1) is 62.8. The van der Waals surface area contributed by atoms with Crippen LogP contribution in [0.5, 0.6) is 0 Å². The van der Waals surface area contributed by atoms with Gasteiger partial charge in [0.15, 0.2) is 22.9 Å². The highest BCUT2D eigenvalue weighted by atomic mass is 32.1. The minimum absolute atomic E-state index is 0.0621. The van der Waals surface area contributed by atoms with Crippen LogP contribution in [0.1, 0.15) is 142 Å². The van der Waals surface area contributed by atoms with Crippen molar-refractivity contribution in [1.82, 2.24) is 79.9 Å². The van der Waals surface area contributed by atoms with Crippen LogP contribution in [0.3, 0.4) is 0 Å². The van der Waals surface area contributed by atoms with E-state index in [9.17, 15) is 14.4 Å². The predicted octanol–water partition coefficient (Wildman–Crippen LogP) is 9.11. The number of thiophene rings is 1. The molecule has 2 saturated carbocycles. The van der Waals surface area contributed by atoms with Gasteiger partial charge in [0.2, 0.25) is 17.8 Å². The summed E-state index contributed by atoms with van der Waals surface area (Å²) in [6.07, 6.45) is 21.7. The summed E-state index contributed by atoms with van der Waals surface area (Å²) in [4.78, 5) is 84.1. The van der Waals surface area contributed by atoms with Gasteiger partial charge in [-0.15, -0.1) is 16.4 Å². The number of rotatable bonds is 14. The second kappa shape index (κ2) is 29.0. The molecule has 5 saturated heterocycles. The number of hydrogen-bond acceptors (Lipinski definition) is 20. The maximum absolute atomic E-state index is 13.1. The Morgan fingerprint density at radius 2 is 1.10 bits per heavy atom. The molecule has 16 rings (SSSR count). The third-order valence-corrected chi connectivity index (χ3v) is 21.1. The number of carbonyl (C=O) groups excluding carboxylic acids is 3. The SMILES string of the molecule is Cc1ccc(CN2C[C@H](n3cnnn3)C[C@H]2C(=O)NCc2ccccc2C)s1.O=C(c1ccc2nc(C3CCCCC3)oc2c1)N1CC(N2CCN(c3ncccn3)CC2)C1.O=C(c1ccc2nc(C3CCCCC3)oc2c1)N1CC(N2CCN(c3ncccn3)CC2)C1. The maximum atomic E-state index is 13.1. The number of amides is 3. The first-order valence-corrected chi connectivity index (χ1v) is 34.7. The van der Waals surface area contributed by atoms with Gasteiger partial charge in [0.05, 0.1) is 12.1 Å². The zero-order valence-electron chi connectivity index (χ0n) is 53.9. The van der Waals surface area contributed by atoms with E-state index in [-0.39, 0.29) is 29.8 Å². The van der Waals surface area contributed by atoms with E-state index in [2.05, 4.69) is 103 Å². The number of fused-ring (bicyclic) bond motifs is 2. The molecule has 94 heavy (non-hydrogen) atoms. The summed E-state index contributed by atoms with van der Waals surface area (Å²) in [5.74, 6) is 4.38. The van der Waals surface area contributed by atoms with Crippen LogP contribution < -0.4 is 15.1 Å². The summed E-state index contributed by atoms with van der Waals surface area (Å²) in [6.45, 7) is 16.9. The van der Waals surface area contributed by atoms with Crippen LogP contribution in [0.2, 0.25) is 0 Å². The quantitative estimate of drug-likeness (QED) is 0.107. The van der Waals surface area contributed by atoms with Gasteiger partial charge in [-0.1, -0.05) is 62.8 Å². The van der Waals surface area contributed by atoms with Gasteiger partial charge < -0.3 is 33.8 Å². The van der Waals surface area contributed by atoms with Crippen LogP contribution in [0, 0.1) is 13.8 Å². The van der Waals surface area contributed by atoms with Crippen molar-refractivity contribution in [3.05, 3.63) is 160 Å². The van der Waals surface area contributed by atoms with Crippen LogP contribution in [0.25, 0.3) is 22.2 Å². The normalized spacial score (nSPS) is 20.5. The fraction of sp³-hybridized carbons (Fsp3) is 0.486. The van der Waals surface area contributed by atoms with Crippen LogP contribution in [-0.4, -0.2) is 196 Å². The molecule has 6 aromatic heterocycles. The molecule has 1 N–H and O–H groups in total. The standard InChI is InChI=1S/2C25H30N6O2.C20H24N6OS/c2*32-24(19-7-8-21-22(15-19)33-23(28-21)18-5-2-1-3-6-18)31-16-20(17-31)29-11-13-30(14-12-29)25-26-9-4-10-27-25;1-14-5-3-4-6-16(14)10-21-20(27)19-9-17(26-13-22-23-24-26)11-25(19)12-18-8-7-15(2)28-18/h2*4,7-10,15,18,20H,1-3,5-6,11-14,16-17H2;3-8,13,17,19H,9-12H2,1-2H3,(H,21,27)/t;;17-,19+/m..1/s1. The fourth-order valence-corrected chi connectivity index (χ4v) is 15.4. The lowest BCUT2D eigenvalue weighted by Crippen LogP contribution is -2.64. The summed E-state index contributed by atoms with van der Waals surface area (Å²) in [6, 6.07) is 28.3. The zero-order valence-corrected chi connectivity index (χ0v) is 54.7. The van der Waals surface area contributed by atoms with Crippen LogP contribution >= 0.6 is 11.3 Å². The number of carbonyl (C=O) groups is 3. The van der Waals surface area contributed by atoms with Gasteiger partial charge in [0.25, 0.3) is 11.8 Å². The van der Waals surface area contributed by atoms with E-state index in [4.69, 9.17) is 18.8 Å². The number of piperazine rings is 2. The number of nitrogens with zero attached hydrogens (tertiary/aromatic N) is 17. The summed E-state index contributed by atoms with van der Waals surface area (Å²) in [5.41, 5.74) is 6.90. The van der Waals surface area contributed by atoms with Crippen LogP contribution in [0.15, 0.2) is 125 Å². The Labute approximate surface area is 551 Å². The molecular formula is C70H84N18O5S. The van der Waals surface area contributed by atoms with Gasteiger partial charge in [0, 0.05) is 168 Å². The van der Waals surface area contributed by atoms with E-state index in [1.807, 2.05) is 70.5 Å². The van der Waals surface area contributed by atoms with Crippen molar-refractivity contribution >= 4 is 63.2 Å². The van der Waals surface area contributed by atoms with Crippen molar-refractivity contribution in [3.63, 3.8) is 0 Å². The average Bonchev–Trinajstić information content (AvgIpc) is 1.44. The minimum Gasteiger partial charge on any atom is -0.440 e. The molecule has 7 fully saturated rings. The van der Waals surface area contributed by atoms with Gasteiger partial charge in [0.1, 0.15) is 17.4 Å². The minimum atomic E-state index is -0.194. The smallest absolute Gasteiger partial charge is 0.254 e. The van der Waals surface area contributed by atoms with Crippen molar-refractivity contribution in [2.45, 2.75) is 134 Å². The second-order valence-corrected chi connectivity index (χ2v) is 27.7. The molecule has 3 aromatic carbocycles. The largest absolute Gasteiger partial charge is 0.440 e. The summed E-state index contributed by atoms with van der Waals surface area (Å²) < 4.78 is 13.9. The monoisotopic (exact) mass is 1290 g/mol. The fourth-order valence-electron chi connectivity index (χ4n) is 14.5. The highest BCUT2D eigenvalue weighted by molar-refractivity contribution is 7.11. The highest BCUT2D eigenvalue weighted by Crippen LogP contribution is 2.37. The molecule has 11 heterocycles. The summed E-state index contributed by atoms with van der Waals surface area (Å²) in [7, 11) is 0. The van der Waals surface area contributed by atoms with Crippen molar-refractivity contribution < 1.29 is 23.2 Å². The molecule has 0 bridgehead atoms. The average molecular weight is 1290 g/mol. The summed E-state index contributed by atoms with van der Waals surface area (Å²) >= 11 is 1.78. The molecule has 2 atom stereocenters. The number of aryl methyl sites for hydroxylation is 2. The molecule has 5 aliphatic heterocycles. The van der Waals surface area contributed by atoms with Crippen molar-refractivity contribution in [2.24, 2.45) is 0 Å². The molecule has 2 aliphatic carbocycles. The lowest BCUT2D eigenvalue weighted by molar-refractivity contribution is -0.125. The number of oxazole rings is 2. The molecule has 7 aliphatic rings. The number of tetrazole rings is 1. The van der Waals surface area contributed by atoms with Crippen molar-refractivity contribution in [3.8, 4) is 0 Å². The number of aromatic nitrogens is 10. The van der Waals surface area contributed by atoms with E-state index in [1.165, 1.54) is 53.8 Å². The van der Waals surface area contributed by atoms with Crippen LogP contribution in [0.4, 0.5) is 11.9 Å². The molecule has 23 nitrogen and oxygen atoms in total. The lowest BCUT2D eigenvalue weighted by atomic mass is 9.89. The van der Waals surface area contributed by atoms with E-state index in [1.54, 1.807) is 47.1 Å².